The highest BCUT2D eigenvalue weighted by atomic mass is 32.1. The highest BCUT2D eigenvalue weighted by Crippen LogP contribution is 2.38. The summed E-state index contributed by atoms with van der Waals surface area (Å²) in [5.41, 5.74) is 1.99. The number of nitrogens with one attached hydrogen (secondary N) is 2. The molecular weight excluding hydrogens is 412 g/mol. The summed E-state index contributed by atoms with van der Waals surface area (Å²) in [4.78, 5) is 38.5. The molecule has 0 saturated heterocycles. The van der Waals surface area contributed by atoms with E-state index >= 15 is 0 Å². The lowest BCUT2D eigenvalue weighted by molar-refractivity contribution is -0.123. The summed E-state index contributed by atoms with van der Waals surface area (Å²) in [5, 5.41) is 8.04. The molecule has 2 amide bonds. The highest BCUT2D eigenvalue weighted by Gasteiger charge is 2.29. The number of carbonyl (C=O) groups is 3. The van der Waals surface area contributed by atoms with Crippen molar-refractivity contribution in [2.24, 2.45) is 0 Å². The monoisotopic (exact) mass is 436 g/mol. The van der Waals surface area contributed by atoms with E-state index in [1.807, 2.05) is 42.5 Å². The molecule has 0 bridgehead atoms. The molecule has 2 N–H and O–H groups in total. The van der Waals surface area contributed by atoms with Gasteiger partial charge in [0.2, 0.25) is 5.91 Å². The van der Waals surface area contributed by atoms with Crippen LogP contribution < -0.4 is 10.6 Å². The maximum atomic E-state index is 13.0. The van der Waals surface area contributed by atoms with E-state index in [-0.39, 0.29) is 5.91 Å². The van der Waals surface area contributed by atoms with Gasteiger partial charge in [0.25, 0.3) is 5.91 Å². The van der Waals surface area contributed by atoms with Gasteiger partial charge >= 0.3 is 5.97 Å². The number of benzene rings is 2. The van der Waals surface area contributed by atoms with Gasteiger partial charge in [-0.2, -0.15) is 0 Å². The number of esters is 1. The normalized spacial score (nSPS) is 13.9. The highest BCUT2D eigenvalue weighted by molar-refractivity contribution is 7.17. The number of ether oxygens (including phenoxy) is 1. The number of fused-ring (bicyclic) bond motifs is 2. The van der Waals surface area contributed by atoms with Gasteiger partial charge in [-0.25, -0.2) is 4.79 Å². The number of hydrogen-bond acceptors (Lipinski definition) is 5. The molecule has 3 aromatic rings. The van der Waals surface area contributed by atoms with E-state index in [1.165, 1.54) is 18.3 Å². The molecule has 0 saturated carbocycles. The maximum absolute atomic E-state index is 13.0. The molecule has 1 unspecified atom stereocenters. The molecule has 6 nitrogen and oxygen atoms in total. The van der Waals surface area contributed by atoms with Crippen LogP contribution in [0.1, 0.15) is 47.5 Å². The fourth-order valence-electron chi connectivity index (χ4n) is 3.87. The third kappa shape index (κ3) is 4.46. The molecule has 0 spiro atoms. The molecule has 2 aromatic carbocycles. The summed E-state index contributed by atoms with van der Waals surface area (Å²) in [6, 6.07) is 13.4. The Morgan fingerprint density at radius 2 is 1.74 bits per heavy atom. The second kappa shape index (κ2) is 8.89. The second-order valence-electron chi connectivity index (χ2n) is 7.66. The first-order chi connectivity index (χ1) is 14.9. The Hall–Kier alpha value is -3.19. The van der Waals surface area contributed by atoms with Crippen molar-refractivity contribution in [1.29, 1.82) is 0 Å². The third-order valence-electron chi connectivity index (χ3n) is 5.37. The number of hydrogen-bond donors (Lipinski definition) is 2. The summed E-state index contributed by atoms with van der Waals surface area (Å²) < 4.78 is 5.53. The Kier molecular flexibility index (Phi) is 6.04. The molecule has 1 heterocycles. The number of carbonyl (C=O) groups excluding carboxylic acids is 3. The predicted octanol–water partition coefficient (Wildman–Crippen LogP) is 4.92. The minimum absolute atomic E-state index is 0.241. The average Bonchev–Trinajstić information content (AvgIpc) is 3.11. The molecule has 1 atom stereocenters. The lowest BCUT2D eigenvalue weighted by Gasteiger charge is -2.17. The number of rotatable bonds is 5. The minimum atomic E-state index is -0.990. The maximum Gasteiger partial charge on any atom is 0.342 e. The smallest absolute Gasteiger partial charge is 0.342 e. The van der Waals surface area contributed by atoms with Gasteiger partial charge in [-0.1, -0.05) is 36.4 Å². The van der Waals surface area contributed by atoms with Crippen LogP contribution in [0.25, 0.3) is 10.8 Å². The Bertz CT molecular complexity index is 1160. The van der Waals surface area contributed by atoms with Crippen molar-refractivity contribution in [3.8, 4) is 0 Å². The molecule has 4 rings (SSSR count). The van der Waals surface area contributed by atoms with Crippen molar-refractivity contribution in [3.05, 3.63) is 58.5 Å². The largest absolute Gasteiger partial charge is 0.449 e. The Labute approximate surface area is 184 Å². The molecular formula is C24H24N2O4S. The van der Waals surface area contributed by atoms with Gasteiger partial charge < -0.3 is 15.4 Å². The Morgan fingerprint density at radius 1 is 1.00 bits per heavy atom. The van der Waals surface area contributed by atoms with E-state index in [2.05, 4.69) is 10.6 Å². The fourth-order valence-corrected chi connectivity index (χ4v) is 5.20. The second-order valence-corrected chi connectivity index (χ2v) is 8.76. The average molecular weight is 437 g/mol. The molecule has 1 aliphatic carbocycles. The number of amides is 2. The molecule has 0 radical (unpaired) electrons. The predicted molar refractivity (Wildman–Crippen MR) is 123 cm³/mol. The van der Waals surface area contributed by atoms with Crippen molar-refractivity contribution < 1.29 is 19.1 Å². The van der Waals surface area contributed by atoms with E-state index in [1.54, 1.807) is 6.92 Å². The zero-order chi connectivity index (χ0) is 22.0. The van der Waals surface area contributed by atoms with Crippen molar-refractivity contribution in [2.75, 3.05) is 10.6 Å². The first kappa shape index (κ1) is 21.1. The van der Waals surface area contributed by atoms with Crippen LogP contribution >= 0.6 is 11.3 Å². The van der Waals surface area contributed by atoms with Gasteiger partial charge in [0.15, 0.2) is 6.10 Å². The third-order valence-corrected chi connectivity index (χ3v) is 6.57. The van der Waals surface area contributed by atoms with Gasteiger partial charge in [-0.05, 0) is 49.6 Å². The van der Waals surface area contributed by atoms with Crippen LogP contribution in [-0.2, 0) is 27.2 Å². The number of anilines is 2. The van der Waals surface area contributed by atoms with E-state index in [0.717, 1.165) is 46.9 Å². The summed E-state index contributed by atoms with van der Waals surface area (Å²) in [6.45, 7) is 2.96. The van der Waals surface area contributed by atoms with Gasteiger partial charge in [0.1, 0.15) is 5.00 Å². The zero-order valence-electron chi connectivity index (χ0n) is 17.5. The quantitative estimate of drug-likeness (QED) is 0.556. The first-order valence-corrected chi connectivity index (χ1v) is 11.2. The van der Waals surface area contributed by atoms with Crippen LogP contribution in [0.5, 0.6) is 0 Å². The molecule has 0 aliphatic heterocycles. The molecule has 0 fully saturated rings. The van der Waals surface area contributed by atoms with Gasteiger partial charge in [0.05, 0.1) is 5.56 Å². The van der Waals surface area contributed by atoms with Crippen LogP contribution in [0.3, 0.4) is 0 Å². The van der Waals surface area contributed by atoms with Crippen LogP contribution in [0.4, 0.5) is 10.7 Å². The molecule has 160 valence electrons. The first-order valence-electron chi connectivity index (χ1n) is 10.4. The summed E-state index contributed by atoms with van der Waals surface area (Å²) >= 11 is 1.42. The van der Waals surface area contributed by atoms with Crippen LogP contribution in [-0.4, -0.2) is 23.9 Å². The van der Waals surface area contributed by atoms with E-state index in [9.17, 15) is 14.4 Å². The van der Waals surface area contributed by atoms with Crippen LogP contribution in [0, 0.1) is 0 Å². The lowest BCUT2D eigenvalue weighted by atomic mass is 9.95. The van der Waals surface area contributed by atoms with Gasteiger partial charge in [-0.15, -0.1) is 11.3 Å². The van der Waals surface area contributed by atoms with Crippen LogP contribution in [0.2, 0.25) is 0 Å². The topological polar surface area (TPSA) is 84.5 Å². The Morgan fingerprint density at radius 3 is 2.55 bits per heavy atom. The summed E-state index contributed by atoms with van der Waals surface area (Å²) in [6.07, 6.45) is 2.71. The number of aryl methyl sites for hydroxylation is 1. The summed E-state index contributed by atoms with van der Waals surface area (Å²) in [7, 11) is 0. The SMILES string of the molecule is CC(=O)Nc1sc2c(c1C(=O)OC(C)C(=O)Nc1cccc3ccccc13)CCCC2. The van der Waals surface area contributed by atoms with Crippen LogP contribution in [0.15, 0.2) is 42.5 Å². The Balaban J connectivity index is 1.52. The molecule has 1 aliphatic rings. The van der Waals surface area contributed by atoms with E-state index in [4.69, 9.17) is 4.74 Å². The standard InChI is InChI=1S/C24H24N2O4S/c1-14(22(28)26-19-12-7-9-16-8-3-4-10-17(16)19)30-24(29)21-18-11-5-6-13-20(18)31-23(21)25-15(2)27/h3-4,7-10,12,14H,5-6,11,13H2,1-2H3,(H,25,27)(H,26,28). The minimum Gasteiger partial charge on any atom is -0.449 e. The fraction of sp³-hybridized carbons (Fsp3) is 0.292. The van der Waals surface area contributed by atoms with Gasteiger partial charge in [-0.3, -0.25) is 9.59 Å². The van der Waals surface area contributed by atoms with E-state index in [0.29, 0.717) is 16.3 Å². The van der Waals surface area contributed by atoms with Crippen molar-refractivity contribution >= 4 is 50.6 Å². The summed E-state index contributed by atoms with van der Waals surface area (Å²) in [5.74, 6) is -1.23. The van der Waals surface area contributed by atoms with Crippen molar-refractivity contribution in [1.82, 2.24) is 0 Å². The molecule has 7 heteroatoms. The number of thiophene rings is 1. The van der Waals surface area contributed by atoms with Crippen molar-refractivity contribution in [3.63, 3.8) is 0 Å². The molecule has 31 heavy (non-hydrogen) atoms. The van der Waals surface area contributed by atoms with E-state index < -0.39 is 18.0 Å². The zero-order valence-corrected chi connectivity index (χ0v) is 18.3. The lowest BCUT2D eigenvalue weighted by Crippen LogP contribution is -2.30. The molecule has 1 aromatic heterocycles. The van der Waals surface area contributed by atoms with Gasteiger partial charge in [0, 0.05) is 22.9 Å². The van der Waals surface area contributed by atoms with Crippen molar-refractivity contribution in [2.45, 2.75) is 45.6 Å².